The lowest BCUT2D eigenvalue weighted by Crippen LogP contribution is -2.46. The van der Waals surface area contributed by atoms with Gasteiger partial charge in [0.25, 0.3) is 5.69 Å². The lowest BCUT2D eigenvalue weighted by Gasteiger charge is -2.34. The number of hydrogen-bond donors (Lipinski definition) is 3. The van der Waals surface area contributed by atoms with Crippen LogP contribution >= 0.6 is 0 Å². The molecule has 0 aromatic heterocycles. The number of alkyl carbamates (subject to hydrolysis) is 1. The molecule has 2 rings (SSSR count). The Hall–Kier alpha value is -3.04. The van der Waals surface area contributed by atoms with Crippen molar-refractivity contribution in [2.75, 3.05) is 18.0 Å². The van der Waals surface area contributed by atoms with Gasteiger partial charge in [-0.3, -0.25) is 10.1 Å². The Balaban J connectivity index is 2.08. The fourth-order valence-electron chi connectivity index (χ4n) is 2.89. The Morgan fingerprint density at radius 1 is 1.41 bits per heavy atom. The van der Waals surface area contributed by atoms with Crippen molar-refractivity contribution in [3.63, 3.8) is 0 Å². The van der Waals surface area contributed by atoms with E-state index in [1.807, 2.05) is 4.90 Å². The van der Waals surface area contributed by atoms with Crippen molar-refractivity contribution < 1.29 is 19.7 Å². The number of amidine groups is 1. The molecular weight excluding hydrogens is 354 g/mol. The van der Waals surface area contributed by atoms with Crippen LogP contribution in [0.2, 0.25) is 0 Å². The van der Waals surface area contributed by atoms with Crippen molar-refractivity contribution in [2.24, 2.45) is 10.9 Å². The molecule has 4 N–H and O–H groups in total. The Kier molecular flexibility index (Phi) is 6.09. The molecule has 0 aliphatic carbocycles. The van der Waals surface area contributed by atoms with Gasteiger partial charge in [-0.25, -0.2) is 4.79 Å². The second-order valence-corrected chi connectivity index (χ2v) is 7.35. The fraction of sp³-hybridized carbons (Fsp3) is 0.529. The molecule has 27 heavy (non-hydrogen) atoms. The van der Waals surface area contributed by atoms with Gasteiger partial charge in [-0.2, -0.15) is 0 Å². The van der Waals surface area contributed by atoms with Crippen LogP contribution in [0.25, 0.3) is 0 Å². The minimum Gasteiger partial charge on any atom is -0.444 e. The topological polar surface area (TPSA) is 143 Å². The van der Waals surface area contributed by atoms with Gasteiger partial charge in [0, 0.05) is 30.8 Å². The molecule has 10 heteroatoms. The van der Waals surface area contributed by atoms with E-state index in [0.29, 0.717) is 37.2 Å². The molecule has 1 aromatic carbocycles. The smallest absolute Gasteiger partial charge is 0.407 e. The number of piperidine rings is 1. The summed E-state index contributed by atoms with van der Waals surface area (Å²) in [6.45, 7) is 6.41. The minimum atomic E-state index is -0.569. The first-order valence-corrected chi connectivity index (χ1v) is 8.61. The van der Waals surface area contributed by atoms with Crippen LogP contribution in [-0.2, 0) is 4.74 Å². The molecule has 0 saturated carbocycles. The Labute approximate surface area is 157 Å². The molecule has 1 amide bonds. The summed E-state index contributed by atoms with van der Waals surface area (Å²) in [4.78, 5) is 24.6. The van der Waals surface area contributed by atoms with Gasteiger partial charge in [-0.1, -0.05) is 5.16 Å². The number of ether oxygens (including phenoxy) is 1. The lowest BCUT2D eigenvalue weighted by molar-refractivity contribution is -0.384. The maximum absolute atomic E-state index is 11.9. The van der Waals surface area contributed by atoms with E-state index in [1.165, 1.54) is 18.2 Å². The van der Waals surface area contributed by atoms with Gasteiger partial charge in [-0.05, 0) is 45.7 Å². The van der Waals surface area contributed by atoms with E-state index >= 15 is 0 Å². The van der Waals surface area contributed by atoms with Crippen molar-refractivity contribution in [3.8, 4) is 0 Å². The molecule has 0 bridgehead atoms. The molecule has 148 valence electrons. The van der Waals surface area contributed by atoms with E-state index in [-0.39, 0.29) is 17.6 Å². The van der Waals surface area contributed by atoms with Crippen LogP contribution in [0.5, 0.6) is 0 Å². The number of nitro benzene ring substituents is 1. The normalized spacial score (nSPS) is 16.1. The number of nitrogens with one attached hydrogen (secondary N) is 1. The van der Waals surface area contributed by atoms with E-state index in [4.69, 9.17) is 15.7 Å². The van der Waals surface area contributed by atoms with Crippen molar-refractivity contribution >= 4 is 23.3 Å². The van der Waals surface area contributed by atoms with Crippen molar-refractivity contribution in [1.29, 1.82) is 0 Å². The van der Waals surface area contributed by atoms with Crippen LogP contribution in [0, 0.1) is 10.1 Å². The zero-order chi connectivity index (χ0) is 20.2. The van der Waals surface area contributed by atoms with Gasteiger partial charge >= 0.3 is 6.09 Å². The number of hydrogen-bond acceptors (Lipinski definition) is 7. The minimum absolute atomic E-state index is 0.0527. The summed E-state index contributed by atoms with van der Waals surface area (Å²) in [6.07, 6.45) is 0.759. The molecule has 1 aromatic rings. The van der Waals surface area contributed by atoms with Crippen LogP contribution in [0.1, 0.15) is 39.2 Å². The van der Waals surface area contributed by atoms with Crippen molar-refractivity contribution in [1.82, 2.24) is 5.32 Å². The van der Waals surface area contributed by atoms with Gasteiger partial charge < -0.3 is 25.9 Å². The average molecular weight is 379 g/mol. The second kappa shape index (κ2) is 8.11. The number of rotatable bonds is 4. The highest BCUT2D eigenvalue weighted by molar-refractivity contribution is 5.98. The van der Waals surface area contributed by atoms with Gasteiger partial charge in [-0.15, -0.1) is 0 Å². The molecule has 1 saturated heterocycles. The summed E-state index contributed by atoms with van der Waals surface area (Å²) in [5, 5.41) is 26.0. The fourth-order valence-corrected chi connectivity index (χ4v) is 2.89. The molecule has 1 aliphatic heterocycles. The molecule has 10 nitrogen and oxygen atoms in total. The van der Waals surface area contributed by atoms with E-state index in [0.717, 1.165) is 0 Å². The summed E-state index contributed by atoms with van der Waals surface area (Å²) in [5.41, 5.74) is 5.77. The third kappa shape index (κ3) is 5.47. The number of amides is 1. The molecule has 0 unspecified atom stereocenters. The third-order valence-corrected chi connectivity index (χ3v) is 4.13. The highest BCUT2D eigenvalue weighted by Gasteiger charge is 2.27. The van der Waals surface area contributed by atoms with Crippen LogP contribution in [-0.4, -0.2) is 46.8 Å². The highest BCUT2D eigenvalue weighted by atomic mass is 16.6. The van der Waals surface area contributed by atoms with Crippen molar-refractivity contribution in [2.45, 2.75) is 45.3 Å². The number of nitrogens with two attached hydrogens (primary N) is 1. The zero-order valence-electron chi connectivity index (χ0n) is 15.6. The SMILES string of the molecule is CC(C)(C)OC(=O)NC1CCN(c2cc(/C(N)=N/O)ccc2[N+](=O)[O-])CC1. The first-order chi connectivity index (χ1) is 12.6. The van der Waals surface area contributed by atoms with Crippen LogP contribution < -0.4 is 16.0 Å². The standard InChI is InChI=1S/C17H25N5O5/c1-17(2,3)27-16(23)19-12-6-8-21(9-7-12)14-10-11(15(18)20-24)4-5-13(14)22(25)26/h4-5,10,12,24H,6-9H2,1-3H3,(H2,18,20)(H,19,23). The van der Waals surface area contributed by atoms with Crippen LogP contribution in [0.4, 0.5) is 16.2 Å². The Morgan fingerprint density at radius 3 is 2.56 bits per heavy atom. The first-order valence-electron chi connectivity index (χ1n) is 8.61. The molecule has 1 fully saturated rings. The van der Waals surface area contributed by atoms with Gasteiger partial charge in [0.05, 0.1) is 4.92 Å². The van der Waals surface area contributed by atoms with Gasteiger partial charge in [0.2, 0.25) is 0 Å². The maximum atomic E-state index is 11.9. The number of carbonyl (C=O) groups excluding carboxylic acids is 1. The number of anilines is 1. The summed E-state index contributed by atoms with van der Waals surface area (Å²) in [6, 6.07) is 4.25. The van der Waals surface area contributed by atoms with E-state index in [2.05, 4.69) is 10.5 Å². The third-order valence-electron chi connectivity index (χ3n) is 4.13. The quantitative estimate of drug-likeness (QED) is 0.239. The van der Waals surface area contributed by atoms with Crippen molar-refractivity contribution in [3.05, 3.63) is 33.9 Å². The molecule has 0 radical (unpaired) electrons. The Bertz CT molecular complexity index is 736. The Morgan fingerprint density at radius 2 is 2.04 bits per heavy atom. The second-order valence-electron chi connectivity index (χ2n) is 7.35. The van der Waals surface area contributed by atoms with Gasteiger partial charge in [0.15, 0.2) is 5.84 Å². The first kappa shape index (κ1) is 20.3. The predicted octanol–water partition coefficient (Wildman–Crippen LogP) is 2.18. The number of benzene rings is 1. The zero-order valence-corrected chi connectivity index (χ0v) is 15.6. The van der Waals surface area contributed by atoms with E-state index in [1.54, 1.807) is 20.8 Å². The summed E-state index contributed by atoms with van der Waals surface area (Å²) >= 11 is 0. The predicted molar refractivity (Wildman–Crippen MR) is 100 cm³/mol. The molecule has 0 spiro atoms. The highest BCUT2D eigenvalue weighted by Crippen LogP contribution is 2.31. The number of carbonyl (C=O) groups is 1. The molecule has 0 atom stereocenters. The van der Waals surface area contributed by atoms with Crippen LogP contribution in [0.15, 0.2) is 23.4 Å². The molecular formula is C17H25N5O5. The van der Waals surface area contributed by atoms with Gasteiger partial charge in [0.1, 0.15) is 11.3 Å². The summed E-state index contributed by atoms with van der Waals surface area (Å²) in [5.74, 6) is -0.118. The number of nitro groups is 1. The van der Waals surface area contributed by atoms with Crippen LogP contribution in [0.3, 0.4) is 0 Å². The van der Waals surface area contributed by atoms with E-state index < -0.39 is 16.6 Å². The number of nitrogens with zero attached hydrogens (tertiary/aromatic N) is 3. The molecule has 1 aliphatic rings. The maximum Gasteiger partial charge on any atom is 0.407 e. The lowest BCUT2D eigenvalue weighted by atomic mass is 10.0. The monoisotopic (exact) mass is 379 g/mol. The average Bonchev–Trinajstić information content (AvgIpc) is 2.59. The number of oxime groups is 1. The summed E-state index contributed by atoms with van der Waals surface area (Å²) in [7, 11) is 0. The largest absolute Gasteiger partial charge is 0.444 e. The van der Waals surface area contributed by atoms with E-state index in [9.17, 15) is 14.9 Å². The molecule has 1 heterocycles. The summed E-state index contributed by atoms with van der Waals surface area (Å²) < 4.78 is 5.25.